The predicted molar refractivity (Wildman–Crippen MR) is 144 cm³/mol. The van der Waals surface area contributed by atoms with Crippen LogP contribution in [0.3, 0.4) is 0 Å². The molecular weight excluding hydrogens is 516 g/mol. The first-order chi connectivity index (χ1) is 19.0. The zero-order chi connectivity index (χ0) is 28.6. The fourth-order valence-electron chi connectivity index (χ4n) is 10.6. The van der Waals surface area contributed by atoms with Gasteiger partial charge in [0.25, 0.3) is 0 Å². The fraction of sp³-hybridized carbons (Fsp3) is 0.903. The zero-order valence-corrected chi connectivity index (χ0v) is 24.3. The molecule has 226 valence electrons. The van der Waals surface area contributed by atoms with Gasteiger partial charge in [-0.05, 0) is 99.4 Å². The van der Waals surface area contributed by atoms with E-state index < -0.39 is 41.7 Å². The number of ether oxygens (including phenoxy) is 4. The number of cyclic esters (lactones) is 1. The van der Waals surface area contributed by atoms with Crippen LogP contribution in [0.5, 0.6) is 0 Å². The van der Waals surface area contributed by atoms with Crippen LogP contribution in [0.15, 0.2) is 11.6 Å². The maximum Gasteiger partial charge on any atom is 0.331 e. The molecule has 0 radical (unpaired) electrons. The molecule has 0 bridgehead atoms. The van der Waals surface area contributed by atoms with Crippen molar-refractivity contribution in [3.05, 3.63) is 11.6 Å². The zero-order valence-electron chi connectivity index (χ0n) is 24.3. The Labute approximate surface area is 237 Å². The molecule has 0 aromatic rings. The topological polar surface area (TPSA) is 135 Å². The Morgan fingerprint density at radius 2 is 1.80 bits per heavy atom. The van der Waals surface area contributed by atoms with E-state index in [0.29, 0.717) is 24.9 Å². The van der Waals surface area contributed by atoms with E-state index in [9.17, 15) is 25.2 Å². The van der Waals surface area contributed by atoms with Gasteiger partial charge in [0.05, 0.1) is 23.9 Å². The van der Waals surface area contributed by atoms with Gasteiger partial charge in [-0.3, -0.25) is 0 Å². The average molecular weight is 565 g/mol. The van der Waals surface area contributed by atoms with E-state index >= 15 is 0 Å². The first-order valence-electron chi connectivity index (χ1n) is 15.5. The standard InChI is InChI=1S/C31H48O9/c1-5-30-20(17-12-24(32)38-15-17)9-11-31(30,36)21-7-6-18-13-19(8-10-29(18,3)22(21)14-23(30)37-4)40-28-27(35)26(34)25(33)16(2)39-28/h12,16,18-23,25-28,33-36H,5-11,13-15H2,1-4H3. The minimum absolute atomic E-state index is 0.0218. The Balaban J connectivity index is 1.23. The molecule has 0 spiro atoms. The number of fused-ring (bicyclic) bond motifs is 5. The Bertz CT molecular complexity index is 1020. The van der Waals surface area contributed by atoms with Crippen molar-refractivity contribution >= 4 is 5.97 Å². The molecule has 40 heavy (non-hydrogen) atoms. The van der Waals surface area contributed by atoms with Crippen LogP contribution in [0.4, 0.5) is 0 Å². The van der Waals surface area contributed by atoms with Crippen molar-refractivity contribution in [1.82, 2.24) is 0 Å². The van der Waals surface area contributed by atoms with Crippen molar-refractivity contribution in [2.24, 2.45) is 34.5 Å². The fourth-order valence-corrected chi connectivity index (χ4v) is 10.6. The highest BCUT2D eigenvalue weighted by Gasteiger charge is 2.72. The van der Waals surface area contributed by atoms with Gasteiger partial charge in [-0.2, -0.15) is 0 Å². The molecule has 5 fully saturated rings. The summed E-state index contributed by atoms with van der Waals surface area (Å²) in [4.78, 5) is 12.0. The number of carbonyl (C=O) groups excluding carboxylic acids is 1. The molecule has 9 nitrogen and oxygen atoms in total. The van der Waals surface area contributed by atoms with Gasteiger partial charge in [0, 0.05) is 18.6 Å². The van der Waals surface area contributed by atoms with Crippen LogP contribution in [0.25, 0.3) is 0 Å². The summed E-state index contributed by atoms with van der Waals surface area (Å²) < 4.78 is 23.6. The minimum Gasteiger partial charge on any atom is -0.458 e. The van der Waals surface area contributed by atoms with E-state index in [1.807, 2.05) is 0 Å². The Morgan fingerprint density at radius 1 is 1.02 bits per heavy atom. The van der Waals surface area contributed by atoms with Crippen LogP contribution >= 0.6 is 0 Å². The minimum atomic E-state index is -1.30. The third-order valence-electron chi connectivity index (χ3n) is 12.7. The van der Waals surface area contributed by atoms with E-state index in [-0.39, 0.29) is 35.4 Å². The molecule has 14 atom stereocenters. The van der Waals surface area contributed by atoms with Crippen LogP contribution < -0.4 is 0 Å². The van der Waals surface area contributed by atoms with Gasteiger partial charge in [-0.25, -0.2) is 4.79 Å². The van der Waals surface area contributed by atoms with Gasteiger partial charge in [0.15, 0.2) is 6.29 Å². The van der Waals surface area contributed by atoms with Crippen molar-refractivity contribution in [2.45, 2.75) is 127 Å². The Morgan fingerprint density at radius 3 is 2.48 bits per heavy atom. The monoisotopic (exact) mass is 564 g/mol. The first kappa shape index (κ1) is 29.0. The molecule has 0 amide bonds. The Hall–Kier alpha value is -1.07. The van der Waals surface area contributed by atoms with Crippen LogP contribution in [-0.4, -0.2) is 88.6 Å². The summed E-state index contributed by atoms with van der Waals surface area (Å²) in [5, 5.41) is 43.6. The normalized spacial score (nSPS) is 54.2. The highest BCUT2D eigenvalue weighted by atomic mass is 16.7. The molecule has 1 saturated heterocycles. The summed E-state index contributed by atoms with van der Waals surface area (Å²) in [5.41, 5.74) is -0.270. The van der Waals surface area contributed by atoms with Crippen molar-refractivity contribution in [2.75, 3.05) is 13.7 Å². The smallest absolute Gasteiger partial charge is 0.331 e. The number of aliphatic hydroxyl groups is 4. The third kappa shape index (κ3) is 4.02. The first-order valence-corrected chi connectivity index (χ1v) is 15.5. The van der Waals surface area contributed by atoms with Crippen LogP contribution in [0, 0.1) is 34.5 Å². The van der Waals surface area contributed by atoms with Crippen molar-refractivity contribution in [3.8, 4) is 0 Å². The maximum atomic E-state index is 12.8. The van der Waals surface area contributed by atoms with Crippen LogP contribution in [0.2, 0.25) is 0 Å². The van der Waals surface area contributed by atoms with Gasteiger partial charge in [0.1, 0.15) is 24.9 Å². The van der Waals surface area contributed by atoms with Crippen molar-refractivity contribution < 1.29 is 44.2 Å². The van der Waals surface area contributed by atoms with Gasteiger partial charge in [0.2, 0.25) is 0 Å². The molecule has 4 saturated carbocycles. The Kier molecular flexibility index (Phi) is 7.46. The third-order valence-corrected chi connectivity index (χ3v) is 12.7. The molecule has 2 heterocycles. The number of methoxy groups -OCH3 is 1. The summed E-state index contributed by atoms with van der Waals surface area (Å²) in [6, 6.07) is 0. The highest BCUT2D eigenvalue weighted by molar-refractivity contribution is 5.85. The average Bonchev–Trinajstić information content (AvgIpc) is 3.50. The summed E-state index contributed by atoms with van der Waals surface area (Å²) in [6.45, 7) is 6.56. The number of hydrogen-bond acceptors (Lipinski definition) is 9. The summed E-state index contributed by atoms with van der Waals surface area (Å²) in [7, 11) is 1.78. The SMILES string of the molecule is CCC12C(OC)CC3C(CCC4CC(OC5OC(C)C(O)C(O)C5O)CCC43C)C1(O)CCC2C1=CC(=O)OC1. The molecule has 6 rings (SSSR count). The quantitative estimate of drug-likeness (QED) is 0.293. The largest absolute Gasteiger partial charge is 0.458 e. The molecule has 0 aromatic heterocycles. The summed E-state index contributed by atoms with van der Waals surface area (Å²) in [6.07, 6.45) is 3.87. The van der Waals surface area contributed by atoms with Gasteiger partial charge < -0.3 is 39.4 Å². The van der Waals surface area contributed by atoms with E-state index in [1.165, 1.54) is 0 Å². The van der Waals surface area contributed by atoms with Crippen molar-refractivity contribution in [1.29, 1.82) is 0 Å². The lowest BCUT2D eigenvalue weighted by Crippen LogP contribution is -2.68. The number of esters is 1. The van der Waals surface area contributed by atoms with Gasteiger partial charge in [-0.1, -0.05) is 13.8 Å². The molecule has 4 aliphatic carbocycles. The highest BCUT2D eigenvalue weighted by Crippen LogP contribution is 2.71. The van der Waals surface area contributed by atoms with E-state index in [1.54, 1.807) is 20.1 Å². The second kappa shape index (κ2) is 10.3. The van der Waals surface area contributed by atoms with E-state index in [4.69, 9.17) is 18.9 Å². The molecule has 14 unspecified atom stereocenters. The molecular formula is C31H48O9. The van der Waals surface area contributed by atoms with E-state index in [0.717, 1.165) is 56.9 Å². The second-order valence-electron chi connectivity index (χ2n) is 13.9. The summed E-state index contributed by atoms with van der Waals surface area (Å²) in [5.74, 6) is 0.675. The van der Waals surface area contributed by atoms with E-state index in [2.05, 4.69) is 13.8 Å². The molecule has 9 heteroatoms. The van der Waals surface area contributed by atoms with Crippen molar-refractivity contribution in [3.63, 3.8) is 0 Å². The van der Waals surface area contributed by atoms with Gasteiger partial charge in [-0.15, -0.1) is 0 Å². The summed E-state index contributed by atoms with van der Waals surface area (Å²) >= 11 is 0. The lowest BCUT2D eigenvalue weighted by atomic mass is 9.41. The van der Waals surface area contributed by atoms with Crippen LogP contribution in [0.1, 0.15) is 78.6 Å². The predicted octanol–water partition coefficient (Wildman–Crippen LogP) is 2.47. The molecule has 6 aliphatic rings. The van der Waals surface area contributed by atoms with Gasteiger partial charge >= 0.3 is 5.97 Å². The number of hydrogen-bond donors (Lipinski definition) is 4. The number of rotatable bonds is 5. The molecule has 2 aliphatic heterocycles. The molecule has 0 aromatic carbocycles. The lowest BCUT2D eigenvalue weighted by Gasteiger charge is -2.66. The number of carbonyl (C=O) groups is 1. The lowest BCUT2D eigenvalue weighted by molar-refractivity contribution is -0.311. The maximum absolute atomic E-state index is 12.8. The molecule has 4 N–H and O–H groups in total. The van der Waals surface area contributed by atoms with Crippen LogP contribution in [-0.2, 0) is 23.7 Å². The number of aliphatic hydroxyl groups excluding tert-OH is 3. The second-order valence-corrected chi connectivity index (χ2v) is 13.9.